The molecule has 0 spiro atoms. The zero-order valence-electron chi connectivity index (χ0n) is 15.4. The summed E-state index contributed by atoms with van der Waals surface area (Å²) in [5.41, 5.74) is 3.94. The Morgan fingerprint density at radius 2 is 1.74 bits per heavy atom. The Bertz CT molecular complexity index is 481. The topological polar surface area (TPSA) is 6.48 Å². The van der Waals surface area contributed by atoms with Gasteiger partial charge in [-0.3, -0.25) is 4.90 Å². The van der Waals surface area contributed by atoms with Crippen LogP contribution in [0.4, 0.5) is 5.69 Å². The summed E-state index contributed by atoms with van der Waals surface area (Å²) in [7, 11) is 0. The number of nitrogens with zero attached hydrogens (tertiary/aromatic N) is 2. The third-order valence-corrected chi connectivity index (χ3v) is 5.12. The Balaban J connectivity index is 1.88. The van der Waals surface area contributed by atoms with Crippen molar-refractivity contribution in [3.8, 4) is 0 Å². The molecule has 1 aromatic rings. The quantitative estimate of drug-likeness (QED) is 0.668. The van der Waals surface area contributed by atoms with Crippen molar-refractivity contribution in [3.05, 3.63) is 35.9 Å². The monoisotopic (exact) mass is 314 g/mol. The standard InChI is InChI=1S/C21H34N2/c1-5-8-19(9-6-2)17-22-12-14-23(15-13-22)21-11-10-20(7-3)18(4)16-21/h7,10-11,16,19H,3,5-6,8-9,12-15,17H2,1-2,4H3. The van der Waals surface area contributed by atoms with Crippen LogP contribution in [0.2, 0.25) is 0 Å². The van der Waals surface area contributed by atoms with Gasteiger partial charge in [-0.05, 0) is 48.9 Å². The third kappa shape index (κ3) is 5.10. The largest absolute Gasteiger partial charge is 0.369 e. The highest BCUT2D eigenvalue weighted by molar-refractivity contribution is 5.59. The lowest BCUT2D eigenvalue weighted by molar-refractivity contribution is 0.206. The molecule has 2 rings (SSSR count). The molecule has 1 saturated heterocycles. The second kappa shape index (κ2) is 9.12. The van der Waals surface area contributed by atoms with Gasteiger partial charge in [-0.1, -0.05) is 45.4 Å². The van der Waals surface area contributed by atoms with Gasteiger partial charge in [0.1, 0.15) is 0 Å². The van der Waals surface area contributed by atoms with Crippen LogP contribution >= 0.6 is 0 Å². The predicted molar refractivity (Wildman–Crippen MR) is 103 cm³/mol. The first kappa shape index (κ1) is 18.1. The molecule has 2 nitrogen and oxygen atoms in total. The summed E-state index contributed by atoms with van der Waals surface area (Å²) in [5.74, 6) is 0.894. The van der Waals surface area contributed by atoms with Gasteiger partial charge in [-0.2, -0.15) is 0 Å². The molecule has 0 bridgehead atoms. The van der Waals surface area contributed by atoms with Crippen LogP contribution in [0.25, 0.3) is 6.08 Å². The fraction of sp³-hybridized carbons (Fsp3) is 0.619. The number of anilines is 1. The van der Waals surface area contributed by atoms with Crippen molar-refractivity contribution < 1.29 is 0 Å². The summed E-state index contributed by atoms with van der Waals surface area (Å²) in [4.78, 5) is 5.21. The molecule has 0 unspecified atom stereocenters. The SMILES string of the molecule is C=Cc1ccc(N2CCN(CC(CCC)CCC)CC2)cc1C. The van der Waals surface area contributed by atoms with Crippen LogP contribution in [0.5, 0.6) is 0 Å². The van der Waals surface area contributed by atoms with E-state index in [9.17, 15) is 0 Å². The maximum Gasteiger partial charge on any atom is 0.0370 e. The van der Waals surface area contributed by atoms with E-state index in [0.29, 0.717) is 0 Å². The maximum absolute atomic E-state index is 3.88. The number of hydrogen-bond acceptors (Lipinski definition) is 2. The predicted octanol–water partition coefficient (Wildman–Crippen LogP) is 4.98. The summed E-state index contributed by atoms with van der Waals surface area (Å²) >= 11 is 0. The number of aryl methyl sites for hydroxylation is 1. The molecule has 1 aliphatic rings. The van der Waals surface area contributed by atoms with Gasteiger partial charge < -0.3 is 4.90 Å². The van der Waals surface area contributed by atoms with E-state index < -0.39 is 0 Å². The molecule has 0 atom stereocenters. The average Bonchev–Trinajstić information content (AvgIpc) is 2.56. The van der Waals surface area contributed by atoms with Crippen molar-refractivity contribution >= 4 is 11.8 Å². The lowest BCUT2D eigenvalue weighted by atomic mass is 9.97. The van der Waals surface area contributed by atoms with E-state index in [0.717, 1.165) is 19.0 Å². The van der Waals surface area contributed by atoms with Crippen LogP contribution in [0.15, 0.2) is 24.8 Å². The van der Waals surface area contributed by atoms with Gasteiger partial charge >= 0.3 is 0 Å². The molecule has 0 aromatic heterocycles. The van der Waals surface area contributed by atoms with Gasteiger partial charge in [0.2, 0.25) is 0 Å². The average molecular weight is 315 g/mol. The van der Waals surface area contributed by atoms with E-state index in [4.69, 9.17) is 0 Å². The van der Waals surface area contributed by atoms with Crippen molar-refractivity contribution in [3.63, 3.8) is 0 Å². The molecule has 0 saturated carbocycles. The minimum Gasteiger partial charge on any atom is -0.369 e. The first-order valence-electron chi connectivity index (χ1n) is 9.38. The fourth-order valence-electron chi connectivity index (χ4n) is 3.78. The fourth-order valence-corrected chi connectivity index (χ4v) is 3.78. The zero-order valence-corrected chi connectivity index (χ0v) is 15.4. The molecule has 2 heteroatoms. The molecule has 0 radical (unpaired) electrons. The molecule has 0 aliphatic carbocycles. The first-order chi connectivity index (χ1) is 11.2. The number of rotatable bonds is 8. The molecule has 1 aliphatic heterocycles. The Labute approximate surface area is 143 Å². The van der Waals surface area contributed by atoms with Crippen molar-refractivity contribution in [1.82, 2.24) is 4.90 Å². The highest BCUT2D eigenvalue weighted by Gasteiger charge is 2.20. The second-order valence-corrected chi connectivity index (χ2v) is 6.98. The number of piperazine rings is 1. The highest BCUT2D eigenvalue weighted by Crippen LogP contribution is 2.22. The Morgan fingerprint density at radius 1 is 1.09 bits per heavy atom. The highest BCUT2D eigenvalue weighted by atomic mass is 15.3. The Hall–Kier alpha value is -1.28. The molecule has 128 valence electrons. The van der Waals surface area contributed by atoms with Gasteiger partial charge in [-0.15, -0.1) is 0 Å². The van der Waals surface area contributed by atoms with Crippen LogP contribution in [-0.2, 0) is 0 Å². The number of benzene rings is 1. The smallest absolute Gasteiger partial charge is 0.0370 e. The van der Waals surface area contributed by atoms with Crippen molar-refractivity contribution in [2.75, 3.05) is 37.6 Å². The minimum absolute atomic E-state index is 0.894. The van der Waals surface area contributed by atoms with E-state index in [-0.39, 0.29) is 0 Å². The molecule has 0 amide bonds. The molecule has 1 aromatic carbocycles. The molecule has 0 N–H and O–H groups in total. The van der Waals surface area contributed by atoms with Crippen LogP contribution in [0.1, 0.15) is 50.7 Å². The van der Waals surface area contributed by atoms with E-state index in [1.807, 2.05) is 6.08 Å². The zero-order chi connectivity index (χ0) is 16.7. The molecular formula is C21H34N2. The summed E-state index contributed by atoms with van der Waals surface area (Å²) in [6.07, 6.45) is 7.35. The summed E-state index contributed by atoms with van der Waals surface area (Å²) < 4.78 is 0. The summed E-state index contributed by atoms with van der Waals surface area (Å²) in [6, 6.07) is 6.75. The molecule has 1 fully saturated rings. The van der Waals surface area contributed by atoms with E-state index in [2.05, 4.69) is 55.3 Å². The molecular weight excluding hydrogens is 280 g/mol. The molecule has 23 heavy (non-hydrogen) atoms. The van der Waals surface area contributed by atoms with Crippen molar-refractivity contribution in [2.24, 2.45) is 5.92 Å². The minimum atomic E-state index is 0.894. The van der Waals surface area contributed by atoms with E-state index in [1.54, 1.807) is 0 Å². The lowest BCUT2D eigenvalue weighted by Gasteiger charge is -2.38. The first-order valence-corrected chi connectivity index (χ1v) is 9.38. The van der Waals surface area contributed by atoms with Crippen molar-refractivity contribution in [1.29, 1.82) is 0 Å². The maximum atomic E-state index is 3.88. The second-order valence-electron chi connectivity index (χ2n) is 6.98. The van der Waals surface area contributed by atoms with Gasteiger partial charge in [0.15, 0.2) is 0 Å². The van der Waals surface area contributed by atoms with Crippen LogP contribution in [-0.4, -0.2) is 37.6 Å². The van der Waals surface area contributed by atoms with Crippen LogP contribution in [0.3, 0.4) is 0 Å². The van der Waals surface area contributed by atoms with E-state index in [1.165, 1.54) is 62.1 Å². The van der Waals surface area contributed by atoms with E-state index >= 15 is 0 Å². The summed E-state index contributed by atoms with van der Waals surface area (Å²) in [5, 5.41) is 0. The van der Waals surface area contributed by atoms with Crippen LogP contribution < -0.4 is 4.90 Å². The van der Waals surface area contributed by atoms with Crippen LogP contribution in [0, 0.1) is 12.8 Å². The summed E-state index contributed by atoms with van der Waals surface area (Å²) in [6.45, 7) is 16.7. The normalized spacial score (nSPS) is 16.1. The van der Waals surface area contributed by atoms with Gasteiger partial charge in [0.05, 0.1) is 0 Å². The van der Waals surface area contributed by atoms with Gasteiger partial charge in [-0.25, -0.2) is 0 Å². The Kier molecular flexibility index (Phi) is 7.16. The Morgan fingerprint density at radius 3 is 2.26 bits per heavy atom. The lowest BCUT2D eigenvalue weighted by Crippen LogP contribution is -2.47. The number of hydrogen-bond donors (Lipinski definition) is 0. The third-order valence-electron chi connectivity index (χ3n) is 5.12. The van der Waals surface area contributed by atoms with Crippen molar-refractivity contribution in [2.45, 2.75) is 46.5 Å². The van der Waals surface area contributed by atoms with Gasteiger partial charge in [0, 0.05) is 38.4 Å². The van der Waals surface area contributed by atoms with Gasteiger partial charge in [0.25, 0.3) is 0 Å². The molecule has 1 heterocycles.